The van der Waals surface area contributed by atoms with Gasteiger partial charge in [0.2, 0.25) is 0 Å². The molecule has 66 heavy (non-hydrogen) atoms. The first kappa shape index (κ1) is 64.9. The topological polar surface area (TPSA) is 134 Å². The molecule has 0 bridgehead atoms. The fraction of sp³-hybridized carbons (Fsp3) is 0.962. The Hall–Kier alpha value is -1.11. The Morgan fingerprint density at radius 3 is 1.17 bits per heavy atom. The Labute approximate surface area is 406 Å². The maximum atomic E-state index is 13.9. The molecule has 0 aliphatic rings. The standard InChI is InChI=1S/C53H105O12P/c1-7-11-15-19-21-29-37-50(35-27-17-13-9-3)52(54)60-40-31-23-25-33-42-63-66(56,65-44-39-49(48-62-58-6)47-59-46-45-57-5)64-43-34-26-24-32-41-61-53(55)51(36-28-18-14-10-4)38-30-22-20-16-12-8-2/h49-51H,7-48H2,1-6H3. The van der Waals surface area contributed by atoms with Crippen LogP contribution in [0.2, 0.25) is 0 Å². The number of hydrogen-bond donors (Lipinski definition) is 0. The first-order valence-corrected chi connectivity index (χ1v) is 28.9. The highest BCUT2D eigenvalue weighted by atomic mass is 31.2. The second-order valence-electron chi connectivity index (χ2n) is 18.5. The van der Waals surface area contributed by atoms with Crippen molar-refractivity contribution in [3.05, 3.63) is 0 Å². The van der Waals surface area contributed by atoms with E-state index in [4.69, 9.17) is 42.3 Å². The molecule has 0 saturated carbocycles. The van der Waals surface area contributed by atoms with E-state index in [0.717, 1.165) is 89.9 Å². The third kappa shape index (κ3) is 41.8. The van der Waals surface area contributed by atoms with Gasteiger partial charge in [-0.3, -0.25) is 23.2 Å². The fourth-order valence-electron chi connectivity index (χ4n) is 8.00. The monoisotopic (exact) mass is 965 g/mol. The van der Waals surface area contributed by atoms with Crippen molar-refractivity contribution in [2.75, 3.05) is 73.7 Å². The minimum absolute atomic E-state index is 0.00782. The molecule has 0 spiro atoms. The first-order chi connectivity index (χ1) is 32.3. The van der Waals surface area contributed by atoms with Crippen LogP contribution in [0.3, 0.4) is 0 Å². The van der Waals surface area contributed by atoms with Gasteiger partial charge in [0.05, 0.1) is 78.4 Å². The summed E-state index contributed by atoms with van der Waals surface area (Å²) in [6.45, 7) is 12.0. The molecule has 0 fully saturated rings. The van der Waals surface area contributed by atoms with Crippen molar-refractivity contribution in [1.82, 2.24) is 0 Å². The molecule has 3 atom stereocenters. The summed E-state index contributed by atoms with van der Waals surface area (Å²) in [4.78, 5) is 36.1. The number of hydrogen-bond acceptors (Lipinski definition) is 12. The van der Waals surface area contributed by atoms with Crippen LogP contribution in [0.5, 0.6) is 0 Å². The first-order valence-electron chi connectivity index (χ1n) is 27.4. The number of esters is 2. The highest BCUT2D eigenvalue weighted by Gasteiger charge is 2.27. The van der Waals surface area contributed by atoms with Crippen LogP contribution in [0.25, 0.3) is 0 Å². The van der Waals surface area contributed by atoms with E-state index >= 15 is 0 Å². The molecule has 3 unspecified atom stereocenters. The van der Waals surface area contributed by atoms with Crippen LogP contribution in [0.4, 0.5) is 0 Å². The molecule has 0 heterocycles. The van der Waals surface area contributed by atoms with Gasteiger partial charge < -0.3 is 18.9 Å². The van der Waals surface area contributed by atoms with Crippen molar-refractivity contribution in [2.45, 2.75) is 240 Å². The molecule has 0 saturated heterocycles. The zero-order valence-electron chi connectivity index (χ0n) is 43.8. The lowest BCUT2D eigenvalue weighted by Gasteiger charge is -2.20. The van der Waals surface area contributed by atoms with Gasteiger partial charge in [0.1, 0.15) is 0 Å². The zero-order chi connectivity index (χ0) is 48.4. The van der Waals surface area contributed by atoms with Gasteiger partial charge in [-0.15, -0.1) is 0 Å². The van der Waals surface area contributed by atoms with Crippen LogP contribution < -0.4 is 0 Å². The summed E-state index contributed by atoms with van der Waals surface area (Å²) in [5.74, 6) is -0.107. The summed E-state index contributed by atoms with van der Waals surface area (Å²) in [6.07, 6.45) is 34.6. The predicted molar refractivity (Wildman–Crippen MR) is 269 cm³/mol. The van der Waals surface area contributed by atoms with Gasteiger partial charge in [0.15, 0.2) is 0 Å². The molecule has 0 rings (SSSR count). The third-order valence-corrected chi connectivity index (χ3v) is 13.8. The van der Waals surface area contributed by atoms with Gasteiger partial charge in [-0.25, -0.2) is 14.3 Å². The van der Waals surface area contributed by atoms with Crippen LogP contribution in [-0.4, -0.2) is 85.6 Å². The molecule has 0 radical (unpaired) electrons. The Balaban J connectivity index is 4.95. The number of carbonyl (C=O) groups is 2. The van der Waals surface area contributed by atoms with E-state index in [1.54, 1.807) is 7.11 Å². The Morgan fingerprint density at radius 2 is 0.758 bits per heavy atom. The molecule has 0 aromatic heterocycles. The highest BCUT2D eigenvalue weighted by Crippen LogP contribution is 2.50. The summed E-state index contributed by atoms with van der Waals surface area (Å²) in [6, 6.07) is 0. The van der Waals surface area contributed by atoms with E-state index in [1.165, 1.54) is 110 Å². The van der Waals surface area contributed by atoms with Gasteiger partial charge >= 0.3 is 19.8 Å². The highest BCUT2D eigenvalue weighted by molar-refractivity contribution is 7.48. The molecule has 0 amide bonds. The molecule has 0 aliphatic carbocycles. The molecule has 0 N–H and O–H groups in total. The number of methoxy groups -OCH3 is 1. The fourth-order valence-corrected chi connectivity index (χ4v) is 9.26. The van der Waals surface area contributed by atoms with Crippen molar-refractivity contribution < 1.29 is 56.4 Å². The lowest BCUT2D eigenvalue weighted by molar-refractivity contribution is -0.282. The van der Waals surface area contributed by atoms with Crippen LogP contribution in [0, 0.1) is 17.8 Å². The second kappa shape index (κ2) is 50.3. The number of carbonyl (C=O) groups excluding carboxylic acids is 2. The number of rotatable bonds is 54. The minimum Gasteiger partial charge on any atom is -0.465 e. The predicted octanol–water partition coefficient (Wildman–Crippen LogP) is 15.3. The maximum absolute atomic E-state index is 13.9. The molecule has 394 valence electrons. The lowest BCUT2D eigenvalue weighted by Crippen LogP contribution is -2.19. The third-order valence-electron chi connectivity index (χ3n) is 12.3. The number of phosphoric acid groups is 1. The van der Waals surface area contributed by atoms with Crippen LogP contribution in [-0.2, 0) is 56.4 Å². The number of ether oxygens (including phenoxy) is 4. The molecular weight excluding hydrogens is 860 g/mol. The zero-order valence-corrected chi connectivity index (χ0v) is 44.7. The largest absolute Gasteiger partial charge is 0.474 e. The van der Waals surface area contributed by atoms with Crippen molar-refractivity contribution in [3.63, 3.8) is 0 Å². The van der Waals surface area contributed by atoms with E-state index in [9.17, 15) is 14.2 Å². The van der Waals surface area contributed by atoms with Gasteiger partial charge in [-0.05, 0) is 70.6 Å². The van der Waals surface area contributed by atoms with Gasteiger partial charge in [-0.2, -0.15) is 0 Å². The lowest BCUT2D eigenvalue weighted by atomic mass is 9.94. The normalized spacial score (nSPS) is 14.0. The SMILES string of the molecule is CCCCCCCCC(CCCCCC)C(=O)OCCCCCCOP(=O)(OCCCCCCOC(=O)C(CCCCCC)CCCCCCCC)OCCC(COCCOC)COOC. The minimum atomic E-state index is -3.84. The Bertz CT molecular complexity index is 1020. The summed E-state index contributed by atoms with van der Waals surface area (Å²) < 4.78 is 53.8. The smallest absolute Gasteiger partial charge is 0.465 e. The second-order valence-corrected chi connectivity index (χ2v) is 20.2. The van der Waals surface area contributed by atoms with Gasteiger partial charge in [0.25, 0.3) is 0 Å². The van der Waals surface area contributed by atoms with Crippen molar-refractivity contribution >= 4 is 19.8 Å². The van der Waals surface area contributed by atoms with E-state index in [0.29, 0.717) is 58.9 Å². The Kier molecular flexibility index (Phi) is 49.4. The van der Waals surface area contributed by atoms with Crippen molar-refractivity contribution in [1.29, 1.82) is 0 Å². The summed E-state index contributed by atoms with van der Waals surface area (Å²) in [7, 11) is -0.758. The molecule has 12 nitrogen and oxygen atoms in total. The van der Waals surface area contributed by atoms with E-state index in [-0.39, 0.29) is 49.5 Å². The van der Waals surface area contributed by atoms with Crippen LogP contribution >= 0.6 is 7.82 Å². The van der Waals surface area contributed by atoms with E-state index in [2.05, 4.69) is 27.7 Å². The summed E-state index contributed by atoms with van der Waals surface area (Å²) >= 11 is 0. The van der Waals surface area contributed by atoms with Crippen molar-refractivity contribution in [3.8, 4) is 0 Å². The number of phosphoric ester groups is 1. The van der Waals surface area contributed by atoms with Crippen LogP contribution in [0.1, 0.15) is 240 Å². The molecule has 13 heteroatoms. The maximum Gasteiger partial charge on any atom is 0.474 e. The molecule has 0 aromatic carbocycles. The van der Waals surface area contributed by atoms with Gasteiger partial charge in [0, 0.05) is 13.0 Å². The summed E-state index contributed by atoms with van der Waals surface area (Å²) in [5.41, 5.74) is 0. The number of unbranched alkanes of at least 4 members (excludes halogenated alkanes) is 22. The van der Waals surface area contributed by atoms with Crippen LogP contribution in [0.15, 0.2) is 0 Å². The van der Waals surface area contributed by atoms with E-state index < -0.39 is 7.82 Å². The Morgan fingerprint density at radius 1 is 0.394 bits per heavy atom. The van der Waals surface area contributed by atoms with E-state index in [1.807, 2.05) is 0 Å². The molecular formula is C53H105O12P. The average Bonchev–Trinajstić information content (AvgIpc) is 3.31. The van der Waals surface area contributed by atoms with Crippen molar-refractivity contribution in [2.24, 2.45) is 17.8 Å². The van der Waals surface area contributed by atoms with Gasteiger partial charge in [-0.1, -0.05) is 169 Å². The quantitative estimate of drug-likeness (QED) is 0.0189. The average molecular weight is 965 g/mol. The molecule has 0 aliphatic heterocycles. The summed E-state index contributed by atoms with van der Waals surface area (Å²) in [5, 5.41) is 0. The molecule has 0 aromatic rings.